The Bertz CT molecular complexity index is 1170. The third-order valence-electron chi connectivity index (χ3n) is 4.45. The lowest BCUT2D eigenvalue weighted by Crippen LogP contribution is -2.13. The predicted molar refractivity (Wildman–Crippen MR) is 121 cm³/mol. The van der Waals surface area contributed by atoms with Crippen molar-refractivity contribution in [1.82, 2.24) is 4.98 Å². The van der Waals surface area contributed by atoms with Gasteiger partial charge in [-0.3, -0.25) is 4.79 Å². The number of hydrogen-bond acceptors (Lipinski definition) is 7. The zero-order valence-corrected chi connectivity index (χ0v) is 18.2. The van der Waals surface area contributed by atoms with Crippen LogP contribution in [0.25, 0.3) is 11.1 Å². The smallest absolute Gasteiger partial charge is 0.225 e. The SMILES string of the molecule is Cc1ccc(NC(=O)CCSc2nc(N)c(C#N)c(-c3ccsc3)c2C#N)c(C)c1. The van der Waals surface area contributed by atoms with E-state index >= 15 is 0 Å². The van der Waals surface area contributed by atoms with Crippen LogP contribution in [0.4, 0.5) is 11.5 Å². The number of hydrogen-bond donors (Lipinski definition) is 2. The fourth-order valence-corrected chi connectivity index (χ4v) is 4.59. The van der Waals surface area contributed by atoms with Crippen molar-refractivity contribution in [2.45, 2.75) is 25.3 Å². The second-order valence-electron chi connectivity index (χ2n) is 6.63. The van der Waals surface area contributed by atoms with Crippen LogP contribution in [0.3, 0.4) is 0 Å². The van der Waals surface area contributed by atoms with Crippen molar-refractivity contribution < 1.29 is 4.79 Å². The summed E-state index contributed by atoms with van der Waals surface area (Å²) in [5, 5.41) is 26.3. The van der Waals surface area contributed by atoms with E-state index in [1.54, 1.807) is 0 Å². The highest BCUT2D eigenvalue weighted by Gasteiger charge is 2.21. The summed E-state index contributed by atoms with van der Waals surface area (Å²) in [6.45, 7) is 3.95. The molecule has 3 rings (SSSR count). The van der Waals surface area contributed by atoms with Crippen molar-refractivity contribution in [3.63, 3.8) is 0 Å². The van der Waals surface area contributed by atoms with Gasteiger partial charge in [-0.15, -0.1) is 11.8 Å². The molecular formula is C22H19N5OS2. The summed E-state index contributed by atoms with van der Waals surface area (Å²) in [7, 11) is 0. The second kappa shape index (κ2) is 9.45. The maximum absolute atomic E-state index is 12.3. The number of nitrogen functional groups attached to an aromatic ring is 1. The van der Waals surface area contributed by atoms with Gasteiger partial charge in [-0.05, 0) is 47.9 Å². The van der Waals surface area contributed by atoms with Gasteiger partial charge in [0.15, 0.2) is 0 Å². The van der Waals surface area contributed by atoms with Crippen molar-refractivity contribution in [2.75, 3.05) is 16.8 Å². The molecule has 150 valence electrons. The van der Waals surface area contributed by atoms with Crippen LogP contribution >= 0.6 is 23.1 Å². The molecule has 0 aliphatic carbocycles. The van der Waals surface area contributed by atoms with Gasteiger partial charge in [0.25, 0.3) is 0 Å². The van der Waals surface area contributed by atoms with Gasteiger partial charge >= 0.3 is 0 Å². The van der Waals surface area contributed by atoms with E-state index in [1.807, 2.05) is 48.9 Å². The quantitative estimate of drug-likeness (QED) is 0.536. The number of thiophene rings is 1. The Morgan fingerprint density at radius 3 is 2.63 bits per heavy atom. The lowest BCUT2D eigenvalue weighted by Gasteiger charge is -2.12. The number of carbonyl (C=O) groups is 1. The number of benzene rings is 1. The van der Waals surface area contributed by atoms with Crippen LogP contribution in [0.15, 0.2) is 40.1 Å². The molecule has 2 heterocycles. The summed E-state index contributed by atoms with van der Waals surface area (Å²) in [5.41, 5.74) is 10.7. The number of anilines is 2. The van der Waals surface area contributed by atoms with Gasteiger partial charge in [0.05, 0.1) is 5.56 Å². The van der Waals surface area contributed by atoms with Crippen molar-refractivity contribution in [3.8, 4) is 23.3 Å². The normalized spacial score (nSPS) is 10.3. The average Bonchev–Trinajstić information content (AvgIpc) is 3.24. The first-order chi connectivity index (χ1) is 14.4. The molecule has 6 nitrogen and oxygen atoms in total. The fourth-order valence-electron chi connectivity index (χ4n) is 3.00. The molecule has 3 N–H and O–H groups in total. The molecule has 0 saturated carbocycles. The summed E-state index contributed by atoms with van der Waals surface area (Å²) in [6.07, 6.45) is 0.248. The van der Waals surface area contributed by atoms with Gasteiger partial charge in [-0.2, -0.15) is 21.9 Å². The molecule has 8 heteroatoms. The van der Waals surface area contributed by atoms with E-state index in [1.165, 1.54) is 23.1 Å². The molecule has 0 radical (unpaired) electrons. The Hall–Kier alpha value is -3.33. The maximum atomic E-state index is 12.3. The van der Waals surface area contributed by atoms with Crippen LogP contribution in [-0.4, -0.2) is 16.6 Å². The Morgan fingerprint density at radius 2 is 2.00 bits per heavy atom. The van der Waals surface area contributed by atoms with Crippen LogP contribution in [0.2, 0.25) is 0 Å². The average molecular weight is 434 g/mol. The molecule has 2 aromatic heterocycles. The van der Waals surface area contributed by atoms with Crippen molar-refractivity contribution >= 4 is 40.5 Å². The van der Waals surface area contributed by atoms with E-state index < -0.39 is 0 Å². The molecule has 0 aliphatic heterocycles. The van der Waals surface area contributed by atoms with E-state index in [-0.39, 0.29) is 23.7 Å². The first kappa shape index (κ1) is 21.4. The molecule has 0 bridgehead atoms. The molecule has 30 heavy (non-hydrogen) atoms. The molecule has 0 spiro atoms. The summed E-state index contributed by atoms with van der Waals surface area (Å²) in [5.74, 6) is 0.389. The van der Waals surface area contributed by atoms with Crippen LogP contribution in [0.5, 0.6) is 0 Å². The van der Waals surface area contributed by atoms with Gasteiger partial charge in [0, 0.05) is 23.4 Å². The number of nitrogens with one attached hydrogen (secondary N) is 1. The predicted octanol–water partition coefficient (Wildman–Crippen LogP) is 4.87. The standard InChI is InChI=1S/C22H19N5OS2/c1-13-3-4-18(14(2)9-13)26-19(28)6-8-30-22-17(11-24)20(15-5-7-29-12-15)16(10-23)21(25)27-22/h3-5,7,9,12H,6,8H2,1-2H3,(H2,25,27)(H,26,28). The number of nitrogens with two attached hydrogens (primary N) is 1. The third kappa shape index (κ3) is 4.62. The Balaban J connectivity index is 1.76. The molecule has 0 saturated heterocycles. The van der Waals surface area contributed by atoms with Crippen LogP contribution in [0, 0.1) is 36.5 Å². The number of aryl methyl sites for hydroxylation is 2. The van der Waals surface area contributed by atoms with Crippen molar-refractivity contribution in [2.24, 2.45) is 0 Å². The summed E-state index contributed by atoms with van der Waals surface area (Å²) >= 11 is 2.75. The van der Waals surface area contributed by atoms with Crippen molar-refractivity contribution in [1.29, 1.82) is 10.5 Å². The van der Waals surface area contributed by atoms with Gasteiger partial charge in [-0.1, -0.05) is 17.7 Å². The highest BCUT2D eigenvalue weighted by Crippen LogP contribution is 2.36. The number of pyridine rings is 1. The molecular weight excluding hydrogens is 414 g/mol. The Kier molecular flexibility index (Phi) is 6.73. The number of thioether (sulfide) groups is 1. The highest BCUT2D eigenvalue weighted by atomic mass is 32.2. The first-order valence-corrected chi connectivity index (χ1v) is 11.0. The summed E-state index contributed by atoms with van der Waals surface area (Å²) in [4.78, 5) is 16.6. The highest BCUT2D eigenvalue weighted by molar-refractivity contribution is 7.99. The summed E-state index contributed by atoms with van der Waals surface area (Å²) < 4.78 is 0. The molecule has 0 unspecified atom stereocenters. The van der Waals surface area contributed by atoms with Gasteiger partial charge in [0.2, 0.25) is 5.91 Å². The van der Waals surface area contributed by atoms with E-state index in [9.17, 15) is 15.3 Å². The van der Waals surface area contributed by atoms with Crippen LogP contribution < -0.4 is 11.1 Å². The minimum Gasteiger partial charge on any atom is -0.383 e. The summed E-state index contributed by atoms with van der Waals surface area (Å²) in [6, 6.07) is 11.9. The van der Waals surface area contributed by atoms with Crippen molar-refractivity contribution in [3.05, 3.63) is 57.3 Å². The second-order valence-corrected chi connectivity index (χ2v) is 8.49. The number of aromatic nitrogens is 1. The maximum Gasteiger partial charge on any atom is 0.225 e. The van der Waals surface area contributed by atoms with Gasteiger partial charge < -0.3 is 11.1 Å². The molecule has 1 amide bonds. The van der Waals surface area contributed by atoms with Crippen LogP contribution in [-0.2, 0) is 4.79 Å². The molecule has 3 aromatic rings. The molecule has 0 fully saturated rings. The van der Waals surface area contributed by atoms with E-state index in [0.29, 0.717) is 21.9 Å². The lowest BCUT2D eigenvalue weighted by atomic mass is 9.99. The fraction of sp³-hybridized carbons (Fsp3) is 0.182. The minimum absolute atomic E-state index is 0.0833. The largest absolute Gasteiger partial charge is 0.383 e. The number of carbonyl (C=O) groups excluding carboxylic acids is 1. The zero-order valence-electron chi connectivity index (χ0n) is 16.5. The molecule has 0 aliphatic rings. The lowest BCUT2D eigenvalue weighted by molar-refractivity contribution is -0.115. The Labute approximate surface area is 183 Å². The number of nitrogens with zero attached hydrogens (tertiary/aromatic N) is 3. The van der Waals surface area contributed by atoms with Gasteiger partial charge in [0.1, 0.15) is 28.5 Å². The van der Waals surface area contributed by atoms with E-state index in [2.05, 4.69) is 22.4 Å². The van der Waals surface area contributed by atoms with E-state index in [4.69, 9.17) is 5.73 Å². The topological polar surface area (TPSA) is 116 Å². The first-order valence-electron chi connectivity index (χ1n) is 9.10. The number of nitriles is 2. The van der Waals surface area contributed by atoms with Crippen LogP contribution in [0.1, 0.15) is 28.7 Å². The molecule has 1 aromatic carbocycles. The zero-order chi connectivity index (χ0) is 21.7. The monoisotopic (exact) mass is 433 g/mol. The minimum atomic E-state index is -0.118. The van der Waals surface area contributed by atoms with E-state index in [0.717, 1.165) is 22.4 Å². The molecule has 0 atom stereocenters. The Morgan fingerprint density at radius 1 is 1.23 bits per heavy atom. The number of rotatable bonds is 6. The number of amides is 1. The van der Waals surface area contributed by atoms with Gasteiger partial charge in [-0.25, -0.2) is 4.98 Å². The third-order valence-corrected chi connectivity index (χ3v) is 6.11.